The first-order chi connectivity index (χ1) is 8.41. The number of hydrogen-bond acceptors (Lipinski definition) is 3. The molecule has 1 aromatic carbocycles. The Labute approximate surface area is 136 Å². The highest BCUT2D eigenvalue weighted by Gasteiger charge is 2.29. The molecule has 1 heterocycles. The molecule has 1 saturated heterocycles. The first-order valence-electron chi connectivity index (χ1n) is 5.60. The van der Waals surface area contributed by atoms with E-state index in [0.29, 0.717) is 29.0 Å². The molecule has 1 N–H and O–H groups in total. The van der Waals surface area contributed by atoms with Crippen LogP contribution in [-0.2, 0) is 10.0 Å². The molecule has 0 amide bonds. The zero-order chi connectivity index (χ0) is 13.3. The minimum absolute atomic E-state index is 0. The number of nitrogens with zero attached hydrogens (tertiary/aromatic N) is 1. The van der Waals surface area contributed by atoms with E-state index in [2.05, 4.69) is 37.2 Å². The fraction of sp³-hybridized carbons (Fsp3) is 0.455. The van der Waals surface area contributed by atoms with E-state index in [0.717, 1.165) is 4.47 Å². The van der Waals surface area contributed by atoms with Gasteiger partial charge in [0.15, 0.2) is 0 Å². The van der Waals surface area contributed by atoms with Crippen LogP contribution in [0, 0.1) is 0 Å². The van der Waals surface area contributed by atoms with Crippen molar-refractivity contribution in [2.75, 3.05) is 19.6 Å². The van der Waals surface area contributed by atoms with Gasteiger partial charge in [-0.1, -0.05) is 15.9 Å². The van der Waals surface area contributed by atoms with Gasteiger partial charge >= 0.3 is 0 Å². The van der Waals surface area contributed by atoms with E-state index in [1.807, 2.05) is 13.0 Å². The summed E-state index contributed by atoms with van der Waals surface area (Å²) < 4.78 is 28.0. The fourth-order valence-corrected chi connectivity index (χ4v) is 4.92. The van der Waals surface area contributed by atoms with E-state index < -0.39 is 10.0 Å². The van der Waals surface area contributed by atoms with Gasteiger partial charge in [-0.15, -0.1) is 12.4 Å². The summed E-state index contributed by atoms with van der Waals surface area (Å²) in [7, 11) is -3.43. The van der Waals surface area contributed by atoms with Gasteiger partial charge in [-0.2, -0.15) is 4.31 Å². The molecule has 2 rings (SSSR count). The summed E-state index contributed by atoms with van der Waals surface area (Å²) in [5.74, 6) is 0. The second-order valence-electron chi connectivity index (χ2n) is 4.29. The SMILES string of the molecule is C[C@@H]1CN(S(=O)(=O)c2cc(Br)ccc2Br)CCN1.Cl. The van der Waals surface area contributed by atoms with Crippen LogP contribution in [0.15, 0.2) is 32.0 Å². The fourth-order valence-electron chi connectivity index (χ4n) is 1.93. The maximum Gasteiger partial charge on any atom is 0.244 e. The molecule has 0 unspecified atom stereocenters. The van der Waals surface area contributed by atoms with Crippen LogP contribution in [0.3, 0.4) is 0 Å². The van der Waals surface area contributed by atoms with Crippen molar-refractivity contribution in [1.82, 2.24) is 9.62 Å². The highest BCUT2D eigenvalue weighted by Crippen LogP contribution is 2.28. The van der Waals surface area contributed by atoms with E-state index in [1.165, 1.54) is 4.31 Å². The number of sulfonamides is 1. The van der Waals surface area contributed by atoms with Crippen molar-refractivity contribution in [3.8, 4) is 0 Å². The van der Waals surface area contributed by atoms with Crippen LogP contribution in [0.25, 0.3) is 0 Å². The largest absolute Gasteiger partial charge is 0.312 e. The van der Waals surface area contributed by atoms with E-state index in [1.54, 1.807) is 12.1 Å². The van der Waals surface area contributed by atoms with Gasteiger partial charge in [-0.3, -0.25) is 0 Å². The molecular weight excluding hydrogens is 419 g/mol. The Balaban J connectivity index is 0.00000180. The summed E-state index contributed by atoms with van der Waals surface area (Å²) in [6.45, 7) is 3.68. The molecular formula is C11H15Br2ClN2O2S. The average molecular weight is 435 g/mol. The molecule has 0 saturated carbocycles. The summed E-state index contributed by atoms with van der Waals surface area (Å²) in [4.78, 5) is 0.311. The highest BCUT2D eigenvalue weighted by atomic mass is 79.9. The maximum atomic E-state index is 12.6. The van der Waals surface area contributed by atoms with Crippen molar-refractivity contribution in [3.63, 3.8) is 0 Å². The summed E-state index contributed by atoms with van der Waals surface area (Å²) in [6.07, 6.45) is 0. The third-order valence-corrected chi connectivity index (χ3v) is 6.19. The lowest BCUT2D eigenvalue weighted by Gasteiger charge is -2.31. The molecule has 4 nitrogen and oxygen atoms in total. The zero-order valence-electron chi connectivity index (χ0n) is 10.3. The van der Waals surface area contributed by atoms with Gasteiger partial charge in [0.2, 0.25) is 10.0 Å². The standard InChI is InChI=1S/C11H14Br2N2O2S.ClH/c1-8-7-15(5-4-14-8)18(16,17)11-6-9(12)2-3-10(11)13;/h2-3,6,8,14H,4-5,7H2,1H3;1H/t8-;/m1./s1. The van der Waals surface area contributed by atoms with Crippen LogP contribution >= 0.6 is 44.3 Å². The Morgan fingerprint density at radius 3 is 2.68 bits per heavy atom. The number of benzene rings is 1. The van der Waals surface area contributed by atoms with Gasteiger partial charge < -0.3 is 5.32 Å². The Bertz CT molecular complexity index is 554. The summed E-state index contributed by atoms with van der Waals surface area (Å²) in [6, 6.07) is 5.36. The van der Waals surface area contributed by atoms with Crippen LogP contribution in [-0.4, -0.2) is 38.4 Å². The second-order valence-corrected chi connectivity index (χ2v) is 7.97. The van der Waals surface area contributed by atoms with Crippen molar-refractivity contribution in [2.45, 2.75) is 17.9 Å². The van der Waals surface area contributed by atoms with Crippen molar-refractivity contribution >= 4 is 54.3 Å². The Morgan fingerprint density at radius 2 is 2.05 bits per heavy atom. The van der Waals surface area contributed by atoms with Crippen molar-refractivity contribution in [1.29, 1.82) is 0 Å². The smallest absolute Gasteiger partial charge is 0.244 e. The number of halogens is 3. The molecule has 19 heavy (non-hydrogen) atoms. The quantitative estimate of drug-likeness (QED) is 0.779. The molecule has 0 bridgehead atoms. The predicted octanol–water partition coefficient (Wildman–Crippen LogP) is 2.62. The zero-order valence-corrected chi connectivity index (χ0v) is 15.1. The third-order valence-electron chi connectivity index (χ3n) is 2.84. The van der Waals surface area contributed by atoms with Gasteiger partial charge in [0, 0.05) is 34.6 Å². The molecule has 108 valence electrons. The Hall–Kier alpha value is 0.340. The number of hydrogen-bond donors (Lipinski definition) is 1. The van der Waals surface area contributed by atoms with Gasteiger partial charge in [0.25, 0.3) is 0 Å². The molecule has 0 spiro atoms. The van der Waals surface area contributed by atoms with Crippen molar-refractivity contribution < 1.29 is 8.42 Å². The summed E-state index contributed by atoms with van der Waals surface area (Å²) in [5, 5.41) is 3.23. The lowest BCUT2D eigenvalue weighted by atomic mass is 10.3. The van der Waals surface area contributed by atoms with Crippen molar-refractivity contribution in [3.05, 3.63) is 27.1 Å². The topological polar surface area (TPSA) is 49.4 Å². The van der Waals surface area contributed by atoms with Crippen LogP contribution in [0.4, 0.5) is 0 Å². The molecule has 1 aliphatic heterocycles. The van der Waals surface area contributed by atoms with Gasteiger partial charge in [-0.05, 0) is 41.1 Å². The third kappa shape index (κ3) is 3.92. The van der Waals surface area contributed by atoms with E-state index in [-0.39, 0.29) is 18.4 Å². The van der Waals surface area contributed by atoms with Crippen molar-refractivity contribution in [2.24, 2.45) is 0 Å². The molecule has 1 aliphatic rings. The monoisotopic (exact) mass is 432 g/mol. The van der Waals surface area contributed by atoms with Crippen LogP contribution < -0.4 is 5.32 Å². The van der Waals surface area contributed by atoms with Crippen LogP contribution in [0.2, 0.25) is 0 Å². The van der Waals surface area contributed by atoms with E-state index >= 15 is 0 Å². The molecule has 8 heteroatoms. The highest BCUT2D eigenvalue weighted by molar-refractivity contribution is 9.11. The van der Waals surface area contributed by atoms with Gasteiger partial charge in [0.1, 0.15) is 0 Å². The summed E-state index contributed by atoms with van der Waals surface area (Å²) >= 11 is 6.61. The first kappa shape index (κ1) is 17.4. The normalized spacial score (nSPS) is 20.9. The molecule has 0 aromatic heterocycles. The van der Waals surface area contributed by atoms with Gasteiger partial charge in [-0.25, -0.2) is 8.42 Å². The van der Waals surface area contributed by atoms with Gasteiger partial charge in [0.05, 0.1) is 4.90 Å². The molecule has 0 radical (unpaired) electrons. The summed E-state index contributed by atoms with van der Waals surface area (Å²) in [5.41, 5.74) is 0. The minimum Gasteiger partial charge on any atom is -0.312 e. The molecule has 1 fully saturated rings. The molecule has 0 aliphatic carbocycles. The number of piperazine rings is 1. The van der Waals surface area contributed by atoms with Crippen LogP contribution in [0.1, 0.15) is 6.92 Å². The molecule has 1 atom stereocenters. The average Bonchev–Trinajstić information content (AvgIpc) is 2.32. The predicted molar refractivity (Wildman–Crippen MR) is 85.3 cm³/mol. The Morgan fingerprint density at radius 1 is 1.37 bits per heavy atom. The number of nitrogens with one attached hydrogen (secondary N) is 1. The Kier molecular flexibility index (Phi) is 6.28. The minimum atomic E-state index is -3.43. The lowest BCUT2D eigenvalue weighted by Crippen LogP contribution is -2.51. The lowest BCUT2D eigenvalue weighted by molar-refractivity contribution is 0.310. The van der Waals surface area contributed by atoms with E-state index in [9.17, 15) is 8.42 Å². The molecule has 1 aromatic rings. The van der Waals surface area contributed by atoms with E-state index in [4.69, 9.17) is 0 Å². The second kappa shape index (κ2) is 6.87. The maximum absolute atomic E-state index is 12.6. The number of rotatable bonds is 2. The van der Waals surface area contributed by atoms with Crippen LogP contribution in [0.5, 0.6) is 0 Å². The first-order valence-corrected chi connectivity index (χ1v) is 8.62.